The Balaban J connectivity index is 2.07. The fourth-order valence-electron chi connectivity index (χ4n) is 2.06. The number of carbonyl (C=O) groups is 1. The van der Waals surface area contributed by atoms with Crippen molar-refractivity contribution in [1.29, 1.82) is 0 Å². The maximum absolute atomic E-state index is 11.2. The summed E-state index contributed by atoms with van der Waals surface area (Å²) in [5, 5.41) is 3.43. The maximum atomic E-state index is 11.2. The normalized spacial score (nSPS) is 22.9. The third kappa shape index (κ3) is 2.18. The van der Waals surface area contributed by atoms with Crippen LogP contribution in [0, 0.1) is 5.92 Å². The van der Waals surface area contributed by atoms with Gasteiger partial charge in [0.2, 0.25) is 0 Å². The molecule has 86 valence electrons. The molecule has 3 N–H and O–H groups in total. The molecule has 2 atom stereocenters. The maximum Gasteiger partial charge on any atom is 0.161 e. The zero-order valence-corrected chi connectivity index (χ0v) is 9.79. The molecule has 1 fully saturated rings. The first kappa shape index (κ1) is 11.0. The van der Waals surface area contributed by atoms with Gasteiger partial charge in [-0.1, -0.05) is 13.3 Å². The number of nitrogens with one attached hydrogen (secondary N) is 1. The van der Waals surface area contributed by atoms with Crippen LogP contribution in [-0.4, -0.2) is 11.8 Å². The van der Waals surface area contributed by atoms with Gasteiger partial charge in [0, 0.05) is 23.0 Å². The smallest absolute Gasteiger partial charge is 0.161 e. The van der Waals surface area contributed by atoms with Crippen molar-refractivity contribution in [3.05, 3.63) is 23.8 Å². The summed E-state index contributed by atoms with van der Waals surface area (Å²) in [5.74, 6) is 0.815. The first-order valence-electron chi connectivity index (χ1n) is 5.78. The molecule has 1 aromatic carbocycles. The van der Waals surface area contributed by atoms with Crippen molar-refractivity contribution >= 4 is 17.2 Å². The molecule has 0 heterocycles. The van der Waals surface area contributed by atoms with Gasteiger partial charge >= 0.3 is 0 Å². The van der Waals surface area contributed by atoms with Crippen LogP contribution in [-0.2, 0) is 0 Å². The number of ketones is 1. The molecule has 0 amide bonds. The Morgan fingerprint density at radius 2 is 2.31 bits per heavy atom. The topological polar surface area (TPSA) is 55.1 Å². The molecule has 3 nitrogen and oxygen atoms in total. The van der Waals surface area contributed by atoms with Crippen molar-refractivity contribution in [2.24, 2.45) is 5.92 Å². The number of anilines is 2. The molecule has 16 heavy (non-hydrogen) atoms. The summed E-state index contributed by atoms with van der Waals surface area (Å²) in [5.41, 5.74) is 8.01. The van der Waals surface area contributed by atoms with E-state index in [9.17, 15) is 4.79 Å². The Hall–Kier alpha value is -1.51. The minimum Gasteiger partial charge on any atom is -0.398 e. The van der Waals surface area contributed by atoms with E-state index in [1.54, 1.807) is 6.07 Å². The van der Waals surface area contributed by atoms with Gasteiger partial charge in [0.1, 0.15) is 0 Å². The van der Waals surface area contributed by atoms with E-state index in [4.69, 9.17) is 5.73 Å². The van der Waals surface area contributed by atoms with E-state index in [0.29, 0.717) is 17.3 Å². The molecule has 1 saturated carbocycles. The number of nitrogen functional groups attached to an aromatic ring is 1. The van der Waals surface area contributed by atoms with E-state index in [1.165, 1.54) is 19.8 Å². The molecule has 1 aromatic rings. The lowest BCUT2D eigenvalue weighted by Gasteiger charge is -2.08. The highest BCUT2D eigenvalue weighted by Gasteiger charge is 2.35. The van der Waals surface area contributed by atoms with Crippen LogP contribution in [0.25, 0.3) is 0 Å². The summed E-state index contributed by atoms with van der Waals surface area (Å²) >= 11 is 0. The minimum atomic E-state index is 0.0157. The molecule has 2 rings (SSSR count). The molecule has 2 unspecified atom stereocenters. The quantitative estimate of drug-likeness (QED) is 0.603. The summed E-state index contributed by atoms with van der Waals surface area (Å²) < 4.78 is 0. The van der Waals surface area contributed by atoms with Crippen LogP contribution in [0.4, 0.5) is 11.4 Å². The molecule has 0 aromatic heterocycles. The van der Waals surface area contributed by atoms with Crippen LogP contribution in [0.3, 0.4) is 0 Å². The molecule has 0 spiro atoms. The number of hydrogen-bond acceptors (Lipinski definition) is 3. The Kier molecular flexibility index (Phi) is 2.86. The van der Waals surface area contributed by atoms with Gasteiger partial charge in [0.25, 0.3) is 0 Å². The predicted molar refractivity (Wildman–Crippen MR) is 66.7 cm³/mol. The van der Waals surface area contributed by atoms with Crippen molar-refractivity contribution in [1.82, 2.24) is 0 Å². The highest BCUT2D eigenvalue weighted by atomic mass is 16.1. The van der Waals surface area contributed by atoms with Crippen molar-refractivity contribution in [3.8, 4) is 0 Å². The molecule has 3 heteroatoms. The highest BCUT2D eigenvalue weighted by Crippen LogP contribution is 2.36. The Morgan fingerprint density at radius 3 is 2.81 bits per heavy atom. The second-order valence-electron chi connectivity index (χ2n) is 4.51. The number of rotatable bonds is 4. The van der Waals surface area contributed by atoms with Crippen molar-refractivity contribution in [3.63, 3.8) is 0 Å². The van der Waals surface area contributed by atoms with E-state index in [-0.39, 0.29) is 5.78 Å². The average Bonchev–Trinajstić information content (AvgIpc) is 2.96. The van der Waals surface area contributed by atoms with Crippen molar-refractivity contribution in [2.45, 2.75) is 32.7 Å². The van der Waals surface area contributed by atoms with Gasteiger partial charge in [0.15, 0.2) is 5.78 Å². The first-order valence-corrected chi connectivity index (χ1v) is 5.78. The van der Waals surface area contributed by atoms with Gasteiger partial charge in [-0.25, -0.2) is 0 Å². The van der Waals surface area contributed by atoms with E-state index < -0.39 is 0 Å². The van der Waals surface area contributed by atoms with Gasteiger partial charge in [0.05, 0.1) is 0 Å². The van der Waals surface area contributed by atoms with E-state index in [1.807, 2.05) is 12.1 Å². The molecular formula is C13H18N2O. The fraction of sp³-hybridized carbons (Fsp3) is 0.462. The van der Waals surface area contributed by atoms with Gasteiger partial charge in [-0.05, 0) is 37.5 Å². The zero-order valence-electron chi connectivity index (χ0n) is 9.79. The largest absolute Gasteiger partial charge is 0.398 e. The molecule has 0 bridgehead atoms. The Labute approximate surface area is 96.0 Å². The summed E-state index contributed by atoms with van der Waals surface area (Å²) in [6.45, 7) is 3.74. The van der Waals surface area contributed by atoms with E-state index in [2.05, 4.69) is 12.2 Å². The van der Waals surface area contributed by atoms with Gasteiger partial charge < -0.3 is 11.1 Å². The second-order valence-corrected chi connectivity index (χ2v) is 4.51. The third-order valence-corrected chi connectivity index (χ3v) is 3.23. The predicted octanol–water partition coefficient (Wildman–Crippen LogP) is 2.68. The Bertz CT molecular complexity index is 414. The lowest BCUT2D eigenvalue weighted by Crippen LogP contribution is -2.06. The number of nitrogens with two attached hydrogens (primary N) is 1. The van der Waals surface area contributed by atoms with Crippen LogP contribution in [0.5, 0.6) is 0 Å². The summed E-state index contributed by atoms with van der Waals surface area (Å²) in [4.78, 5) is 11.2. The lowest BCUT2D eigenvalue weighted by molar-refractivity contribution is 0.101. The van der Waals surface area contributed by atoms with Crippen LogP contribution in [0.1, 0.15) is 37.0 Å². The number of benzene rings is 1. The number of Topliss-reactive ketones (excluding diaryl/α,β-unsaturated/α-hetero) is 1. The van der Waals surface area contributed by atoms with Crippen molar-refractivity contribution < 1.29 is 4.79 Å². The minimum absolute atomic E-state index is 0.0157. The standard InChI is InChI=1S/C13H18N2O/c1-3-9-6-13(9)15-10-4-5-11(8(2)16)12(14)7-10/h4-5,7,9,13,15H,3,6,14H2,1-2H3. The van der Waals surface area contributed by atoms with Crippen LogP contribution >= 0.6 is 0 Å². The number of hydrogen-bond donors (Lipinski definition) is 2. The third-order valence-electron chi connectivity index (χ3n) is 3.23. The van der Waals surface area contributed by atoms with E-state index in [0.717, 1.165) is 11.6 Å². The molecular weight excluding hydrogens is 200 g/mol. The molecule has 0 saturated heterocycles. The van der Waals surface area contributed by atoms with E-state index >= 15 is 0 Å². The molecule has 1 aliphatic carbocycles. The van der Waals surface area contributed by atoms with Gasteiger partial charge in [-0.15, -0.1) is 0 Å². The van der Waals surface area contributed by atoms with Crippen LogP contribution in [0.15, 0.2) is 18.2 Å². The second kappa shape index (κ2) is 4.16. The summed E-state index contributed by atoms with van der Waals surface area (Å²) in [6, 6.07) is 6.16. The summed E-state index contributed by atoms with van der Waals surface area (Å²) in [6.07, 6.45) is 2.46. The molecule has 1 aliphatic rings. The monoisotopic (exact) mass is 218 g/mol. The molecule has 0 radical (unpaired) electrons. The summed E-state index contributed by atoms with van der Waals surface area (Å²) in [7, 11) is 0. The average molecular weight is 218 g/mol. The van der Waals surface area contributed by atoms with Crippen LogP contribution < -0.4 is 11.1 Å². The fourth-order valence-corrected chi connectivity index (χ4v) is 2.06. The van der Waals surface area contributed by atoms with Crippen LogP contribution in [0.2, 0.25) is 0 Å². The van der Waals surface area contributed by atoms with Crippen molar-refractivity contribution in [2.75, 3.05) is 11.1 Å². The van der Waals surface area contributed by atoms with Gasteiger partial charge in [-0.2, -0.15) is 0 Å². The first-order chi connectivity index (χ1) is 7.61. The SMILES string of the molecule is CCC1CC1Nc1ccc(C(C)=O)c(N)c1. The Morgan fingerprint density at radius 1 is 1.56 bits per heavy atom. The highest BCUT2D eigenvalue weighted by molar-refractivity contribution is 5.99. The zero-order chi connectivity index (χ0) is 11.7. The van der Waals surface area contributed by atoms with Gasteiger partial charge in [-0.3, -0.25) is 4.79 Å². The molecule has 0 aliphatic heterocycles. The lowest BCUT2D eigenvalue weighted by atomic mass is 10.1. The number of carbonyl (C=O) groups excluding carboxylic acids is 1.